The van der Waals surface area contributed by atoms with Crippen molar-refractivity contribution in [2.75, 3.05) is 11.9 Å². The van der Waals surface area contributed by atoms with Crippen LogP contribution in [0.2, 0.25) is 0 Å². The van der Waals surface area contributed by atoms with Crippen molar-refractivity contribution < 1.29 is 9.53 Å². The lowest BCUT2D eigenvalue weighted by molar-refractivity contribution is -0.135. The number of carbonyl (C=O) groups is 1. The van der Waals surface area contributed by atoms with Crippen LogP contribution in [0, 0.1) is 0 Å². The van der Waals surface area contributed by atoms with Gasteiger partial charge in [-0.25, -0.2) is 9.78 Å². The molecule has 1 saturated heterocycles. The number of anilines is 1. The molecule has 1 fully saturated rings. The second kappa shape index (κ2) is 3.79. The van der Waals surface area contributed by atoms with Crippen LogP contribution in [0.25, 0.3) is 0 Å². The maximum absolute atomic E-state index is 11.2. The van der Waals surface area contributed by atoms with Crippen molar-refractivity contribution in [3.8, 4) is 0 Å². The van der Waals surface area contributed by atoms with Crippen LogP contribution in [-0.2, 0) is 9.53 Å². The fraction of sp³-hybridized carbons (Fsp3) is 0.333. The number of rotatable bonds is 2. The van der Waals surface area contributed by atoms with E-state index in [0.29, 0.717) is 13.0 Å². The van der Waals surface area contributed by atoms with Gasteiger partial charge in [-0.15, -0.1) is 11.3 Å². The number of cyclic esters (lactones) is 1. The number of hydrogen-bond acceptors (Lipinski definition) is 5. The summed E-state index contributed by atoms with van der Waals surface area (Å²) in [6.07, 6.45) is 2.40. The fourth-order valence-corrected chi connectivity index (χ4v) is 1.88. The maximum Gasteiger partial charge on any atom is 0.335 e. The minimum Gasteiger partial charge on any atom is -0.462 e. The summed E-state index contributed by atoms with van der Waals surface area (Å²) in [5.41, 5.74) is 1.56. The van der Waals surface area contributed by atoms with Gasteiger partial charge in [0.05, 0.1) is 12.2 Å². The van der Waals surface area contributed by atoms with Gasteiger partial charge in [-0.3, -0.25) is 0 Å². The van der Waals surface area contributed by atoms with Gasteiger partial charge in [0.15, 0.2) is 5.13 Å². The molecule has 0 bridgehead atoms. The van der Waals surface area contributed by atoms with Gasteiger partial charge in [-0.05, 0) is 6.92 Å². The minimum absolute atomic E-state index is 0.216. The summed E-state index contributed by atoms with van der Waals surface area (Å²) in [7, 11) is 0. The predicted molar refractivity (Wildman–Crippen MR) is 54.0 cm³/mol. The molecule has 1 aliphatic rings. The number of esters is 1. The van der Waals surface area contributed by atoms with Crippen LogP contribution < -0.4 is 5.32 Å². The monoisotopic (exact) mass is 210 g/mol. The van der Waals surface area contributed by atoms with Crippen molar-refractivity contribution in [1.29, 1.82) is 0 Å². The third-order valence-corrected chi connectivity index (χ3v) is 2.70. The molecule has 0 saturated carbocycles. The molecule has 1 aromatic heterocycles. The molecule has 0 aliphatic carbocycles. The zero-order valence-corrected chi connectivity index (χ0v) is 8.56. The average Bonchev–Trinajstić information content (AvgIpc) is 2.75. The van der Waals surface area contributed by atoms with Gasteiger partial charge in [-0.1, -0.05) is 0 Å². The quantitative estimate of drug-likeness (QED) is 0.597. The number of thiazole rings is 1. The molecule has 74 valence electrons. The van der Waals surface area contributed by atoms with E-state index < -0.39 is 0 Å². The Balaban J connectivity index is 2.15. The molecule has 0 atom stereocenters. The molecule has 2 rings (SSSR count). The van der Waals surface area contributed by atoms with Gasteiger partial charge < -0.3 is 10.1 Å². The number of allylic oxidation sites excluding steroid dienone is 1. The first kappa shape index (κ1) is 9.21. The van der Waals surface area contributed by atoms with Crippen LogP contribution in [0.5, 0.6) is 0 Å². The van der Waals surface area contributed by atoms with E-state index in [2.05, 4.69) is 10.3 Å². The number of nitrogens with zero attached hydrogens (tertiary/aromatic N) is 1. The molecule has 0 aromatic carbocycles. The van der Waals surface area contributed by atoms with Crippen molar-refractivity contribution in [2.45, 2.75) is 13.3 Å². The molecule has 2 heterocycles. The second-order valence-electron chi connectivity index (χ2n) is 2.95. The Bertz CT molecular complexity index is 370. The van der Waals surface area contributed by atoms with Crippen molar-refractivity contribution in [1.82, 2.24) is 4.98 Å². The molecule has 1 aromatic rings. The third-order valence-electron chi connectivity index (χ3n) is 2.01. The summed E-state index contributed by atoms with van der Waals surface area (Å²) in [4.78, 5) is 15.3. The first-order valence-electron chi connectivity index (χ1n) is 4.31. The molecule has 0 amide bonds. The first-order chi connectivity index (χ1) is 6.77. The van der Waals surface area contributed by atoms with Gasteiger partial charge in [0, 0.05) is 23.7 Å². The number of carbonyl (C=O) groups excluding carboxylic acids is 1. The topological polar surface area (TPSA) is 51.2 Å². The van der Waals surface area contributed by atoms with Crippen LogP contribution in [0.15, 0.2) is 22.8 Å². The molecule has 0 spiro atoms. The maximum atomic E-state index is 11.2. The Hall–Kier alpha value is -1.36. The van der Waals surface area contributed by atoms with E-state index in [1.165, 1.54) is 11.3 Å². The van der Waals surface area contributed by atoms with E-state index in [0.717, 1.165) is 16.4 Å². The lowest BCUT2D eigenvalue weighted by atomic mass is 10.2. The normalized spacial score (nSPS) is 19.4. The van der Waals surface area contributed by atoms with Crippen LogP contribution in [0.4, 0.5) is 5.13 Å². The van der Waals surface area contributed by atoms with E-state index in [4.69, 9.17) is 4.74 Å². The first-order valence-corrected chi connectivity index (χ1v) is 5.19. The molecule has 14 heavy (non-hydrogen) atoms. The van der Waals surface area contributed by atoms with Crippen LogP contribution in [0.1, 0.15) is 13.3 Å². The lowest BCUT2D eigenvalue weighted by Crippen LogP contribution is -2.04. The highest BCUT2D eigenvalue weighted by Crippen LogP contribution is 2.20. The van der Waals surface area contributed by atoms with Crippen molar-refractivity contribution in [2.24, 2.45) is 0 Å². The number of nitrogens with one attached hydrogen (secondary N) is 1. The Labute approximate surface area is 85.6 Å². The van der Waals surface area contributed by atoms with Gasteiger partial charge in [0.25, 0.3) is 0 Å². The molecule has 1 aliphatic heterocycles. The second-order valence-corrected chi connectivity index (χ2v) is 3.85. The molecular weight excluding hydrogens is 200 g/mol. The standard InChI is InChI=1S/C9H10N2O2S/c1-6(7-2-4-13-8(7)12)11-9-10-3-5-14-9/h3,5H,2,4H2,1H3,(H,10,11). The number of hydrogen-bond donors (Lipinski definition) is 1. The Morgan fingerprint density at radius 1 is 1.71 bits per heavy atom. The summed E-state index contributed by atoms with van der Waals surface area (Å²) in [5, 5.41) is 5.76. The highest BCUT2D eigenvalue weighted by molar-refractivity contribution is 7.13. The van der Waals surface area contributed by atoms with Crippen LogP contribution in [-0.4, -0.2) is 17.6 Å². The highest BCUT2D eigenvalue weighted by atomic mass is 32.1. The van der Waals surface area contributed by atoms with Crippen molar-refractivity contribution >= 4 is 22.4 Å². The van der Waals surface area contributed by atoms with E-state index in [1.807, 2.05) is 12.3 Å². The number of ether oxygens (including phenoxy) is 1. The largest absolute Gasteiger partial charge is 0.462 e. The van der Waals surface area contributed by atoms with Gasteiger partial charge in [0.2, 0.25) is 0 Å². The zero-order chi connectivity index (χ0) is 9.97. The summed E-state index contributed by atoms with van der Waals surface area (Å²) in [6, 6.07) is 0. The predicted octanol–water partition coefficient (Wildman–Crippen LogP) is 1.78. The molecule has 4 nitrogen and oxygen atoms in total. The van der Waals surface area contributed by atoms with E-state index in [1.54, 1.807) is 6.20 Å². The Morgan fingerprint density at radius 3 is 3.14 bits per heavy atom. The van der Waals surface area contributed by atoms with E-state index >= 15 is 0 Å². The SMILES string of the molecule is CC(Nc1nccs1)=C1CCOC1=O. The van der Waals surface area contributed by atoms with Gasteiger partial charge in [0.1, 0.15) is 0 Å². The minimum atomic E-state index is -0.216. The molecule has 0 unspecified atom stereocenters. The Kier molecular flexibility index (Phi) is 2.49. The highest BCUT2D eigenvalue weighted by Gasteiger charge is 2.21. The zero-order valence-electron chi connectivity index (χ0n) is 7.74. The van der Waals surface area contributed by atoms with Crippen LogP contribution in [0.3, 0.4) is 0 Å². The lowest BCUT2D eigenvalue weighted by Gasteiger charge is -2.03. The molecular formula is C9H10N2O2S. The van der Waals surface area contributed by atoms with E-state index in [9.17, 15) is 4.79 Å². The average molecular weight is 210 g/mol. The summed E-state index contributed by atoms with van der Waals surface area (Å²) in [6.45, 7) is 2.36. The smallest absolute Gasteiger partial charge is 0.335 e. The van der Waals surface area contributed by atoms with E-state index in [-0.39, 0.29) is 5.97 Å². The van der Waals surface area contributed by atoms with Crippen molar-refractivity contribution in [3.05, 3.63) is 22.8 Å². The molecule has 0 radical (unpaired) electrons. The Morgan fingerprint density at radius 2 is 2.57 bits per heavy atom. The third kappa shape index (κ3) is 1.77. The number of aromatic nitrogens is 1. The summed E-state index contributed by atoms with van der Waals surface area (Å²) >= 11 is 1.50. The van der Waals surface area contributed by atoms with Gasteiger partial charge in [-0.2, -0.15) is 0 Å². The van der Waals surface area contributed by atoms with Crippen molar-refractivity contribution in [3.63, 3.8) is 0 Å². The molecule has 1 N–H and O–H groups in total. The fourth-order valence-electron chi connectivity index (χ4n) is 1.30. The van der Waals surface area contributed by atoms with Crippen LogP contribution >= 0.6 is 11.3 Å². The molecule has 5 heteroatoms. The van der Waals surface area contributed by atoms with Gasteiger partial charge >= 0.3 is 5.97 Å². The summed E-state index contributed by atoms with van der Waals surface area (Å²) < 4.78 is 4.85. The summed E-state index contributed by atoms with van der Waals surface area (Å²) in [5.74, 6) is -0.216.